The Labute approximate surface area is 202 Å². The van der Waals surface area contributed by atoms with E-state index in [-0.39, 0.29) is 36.5 Å². The topological polar surface area (TPSA) is 60.8 Å². The molecule has 1 aliphatic rings. The highest BCUT2D eigenvalue weighted by Gasteiger charge is 2.30. The van der Waals surface area contributed by atoms with Crippen molar-refractivity contribution in [1.29, 1.82) is 0 Å². The van der Waals surface area contributed by atoms with E-state index < -0.39 is 11.6 Å². The van der Waals surface area contributed by atoms with Gasteiger partial charge in [0, 0.05) is 24.0 Å². The number of fused-ring (bicyclic) bond motifs is 1. The van der Waals surface area contributed by atoms with E-state index in [1.54, 1.807) is 46.7 Å². The molecule has 35 heavy (non-hydrogen) atoms. The number of amides is 1. The SMILES string of the molecule is C=CCOc1cccc2c1cc(C(=O)N1CCC(C(=O)OCC)CC1)n2Cc1c(F)cccc1F. The molecule has 0 saturated carbocycles. The molecule has 0 spiro atoms. The summed E-state index contributed by atoms with van der Waals surface area (Å²) in [5, 5.41) is 0.663. The minimum absolute atomic E-state index is 0.127. The maximum Gasteiger partial charge on any atom is 0.309 e. The van der Waals surface area contributed by atoms with Crippen molar-refractivity contribution >= 4 is 22.8 Å². The van der Waals surface area contributed by atoms with Crippen LogP contribution in [0, 0.1) is 17.6 Å². The molecule has 3 aromatic rings. The summed E-state index contributed by atoms with van der Waals surface area (Å²) in [5.41, 5.74) is 0.795. The molecule has 4 rings (SSSR count). The van der Waals surface area contributed by atoms with E-state index in [0.29, 0.717) is 54.9 Å². The number of aromatic nitrogens is 1. The summed E-state index contributed by atoms with van der Waals surface area (Å²) >= 11 is 0. The molecule has 6 nitrogen and oxygen atoms in total. The minimum Gasteiger partial charge on any atom is -0.489 e. The van der Waals surface area contributed by atoms with E-state index in [2.05, 4.69) is 6.58 Å². The van der Waals surface area contributed by atoms with Crippen LogP contribution >= 0.6 is 0 Å². The van der Waals surface area contributed by atoms with Crippen LogP contribution in [0.4, 0.5) is 8.78 Å². The Balaban J connectivity index is 1.70. The monoisotopic (exact) mass is 482 g/mol. The van der Waals surface area contributed by atoms with Crippen molar-refractivity contribution in [2.75, 3.05) is 26.3 Å². The fourth-order valence-corrected chi connectivity index (χ4v) is 4.46. The molecule has 184 valence electrons. The van der Waals surface area contributed by atoms with Gasteiger partial charge in [-0.2, -0.15) is 0 Å². The van der Waals surface area contributed by atoms with Crippen molar-refractivity contribution in [3.63, 3.8) is 0 Å². The van der Waals surface area contributed by atoms with Crippen molar-refractivity contribution in [2.45, 2.75) is 26.3 Å². The zero-order chi connectivity index (χ0) is 24.9. The molecule has 1 amide bonds. The van der Waals surface area contributed by atoms with E-state index in [0.717, 1.165) is 0 Å². The van der Waals surface area contributed by atoms with Crippen LogP contribution in [0.2, 0.25) is 0 Å². The molecular weight excluding hydrogens is 454 g/mol. The number of ether oxygens (including phenoxy) is 2. The van der Waals surface area contributed by atoms with Gasteiger partial charge >= 0.3 is 5.97 Å². The number of hydrogen-bond donors (Lipinski definition) is 0. The van der Waals surface area contributed by atoms with Gasteiger partial charge in [0.15, 0.2) is 0 Å². The predicted molar refractivity (Wildman–Crippen MR) is 128 cm³/mol. The summed E-state index contributed by atoms with van der Waals surface area (Å²) in [6.45, 7) is 6.64. The lowest BCUT2D eigenvalue weighted by molar-refractivity contribution is -0.149. The number of nitrogens with zero attached hydrogens (tertiary/aromatic N) is 2. The molecule has 0 atom stereocenters. The van der Waals surface area contributed by atoms with Gasteiger partial charge in [0.1, 0.15) is 29.7 Å². The van der Waals surface area contributed by atoms with Gasteiger partial charge in [0.2, 0.25) is 0 Å². The number of esters is 1. The van der Waals surface area contributed by atoms with Gasteiger partial charge in [-0.1, -0.05) is 24.8 Å². The smallest absolute Gasteiger partial charge is 0.309 e. The molecule has 1 saturated heterocycles. The second kappa shape index (κ2) is 10.7. The summed E-state index contributed by atoms with van der Waals surface area (Å²) in [6, 6.07) is 10.7. The van der Waals surface area contributed by atoms with Gasteiger partial charge in [0.05, 0.1) is 24.6 Å². The summed E-state index contributed by atoms with van der Waals surface area (Å²) in [6.07, 6.45) is 2.62. The lowest BCUT2D eigenvalue weighted by Crippen LogP contribution is -2.41. The Morgan fingerprint density at radius 1 is 1.11 bits per heavy atom. The Morgan fingerprint density at radius 2 is 1.80 bits per heavy atom. The fourth-order valence-electron chi connectivity index (χ4n) is 4.46. The van der Waals surface area contributed by atoms with Gasteiger partial charge in [-0.15, -0.1) is 0 Å². The van der Waals surface area contributed by atoms with Crippen molar-refractivity contribution < 1.29 is 27.8 Å². The molecule has 1 fully saturated rings. The molecule has 0 aliphatic carbocycles. The van der Waals surface area contributed by atoms with Crippen molar-refractivity contribution in [3.8, 4) is 5.75 Å². The lowest BCUT2D eigenvalue weighted by atomic mass is 9.97. The largest absolute Gasteiger partial charge is 0.489 e. The van der Waals surface area contributed by atoms with Crippen molar-refractivity contribution in [3.05, 3.63) is 78.0 Å². The molecule has 0 radical (unpaired) electrons. The molecule has 0 N–H and O–H groups in total. The third kappa shape index (κ3) is 5.06. The Morgan fingerprint density at radius 3 is 2.46 bits per heavy atom. The first-order chi connectivity index (χ1) is 16.9. The molecule has 1 aromatic heterocycles. The summed E-state index contributed by atoms with van der Waals surface area (Å²) in [4.78, 5) is 27.4. The second-order valence-electron chi connectivity index (χ2n) is 8.42. The average molecular weight is 483 g/mol. The van der Waals surface area contributed by atoms with E-state index in [9.17, 15) is 18.4 Å². The molecule has 0 unspecified atom stereocenters. The maximum absolute atomic E-state index is 14.5. The van der Waals surface area contributed by atoms with E-state index in [1.165, 1.54) is 18.2 Å². The molecule has 2 heterocycles. The van der Waals surface area contributed by atoms with E-state index in [4.69, 9.17) is 9.47 Å². The Bertz CT molecular complexity index is 1230. The second-order valence-corrected chi connectivity index (χ2v) is 8.42. The first-order valence-electron chi connectivity index (χ1n) is 11.7. The number of benzene rings is 2. The molecular formula is C27H28F2N2O4. The third-order valence-electron chi connectivity index (χ3n) is 6.26. The van der Waals surface area contributed by atoms with Crippen molar-refractivity contribution in [2.24, 2.45) is 5.92 Å². The number of carbonyl (C=O) groups excluding carboxylic acids is 2. The quantitative estimate of drug-likeness (QED) is 0.337. The summed E-state index contributed by atoms with van der Waals surface area (Å²) < 4.78 is 41.6. The van der Waals surface area contributed by atoms with Gasteiger partial charge in [-0.3, -0.25) is 9.59 Å². The highest BCUT2D eigenvalue weighted by atomic mass is 19.1. The van der Waals surface area contributed by atoms with Crippen LogP contribution in [0.1, 0.15) is 35.8 Å². The fraction of sp³-hybridized carbons (Fsp3) is 0.333. The number of piperidine rings is 1. The molecule has 2 aromatic carbocycles. The minimum atomic E-state index is -0.681. The molecule has 0 bridgehead atoms. The Hall–Kier alpha value is -3.68. The first kappa shape index (κ1) is 24.4. The van der Waals surface area contributed by atoms with Gasteiger partial charge < -0.3 is 18.9 Å². The van der Waals surface area contributed by atoms with E-state index in [1.807, 2.05) is 0 Å². The number of halogens is 2. The van der Waals surface area contributed by atoms with Crippen LogP contribution in [0.5, 0.6) is 5.75 Å². The number of hydrogen-bond acceptors (Lipinski definition) is 4. The highest BCUT2D eigenvalue weighted by Crippen LogP contribution is 2.32. The normalized spacial score (nSPS) is 14.2. The summed E-state index contributed by atoms with van der Waals surface area (Å²) in [5.74, 6) is -1.57. The van der Waals surface area contributed by atoms with Gasteiger partial charge in [0.25, 0.3) is 5.91 Å². The number of carbonyl (C=O) groups is 2. The Kier molecular flexibility index (Phi) is 7.48. The first-order valence-corrected chi connectivity index (χ1v) is 11.7. The lowest BCUT2D eigenvalue weighted by Gasteiger charge is -2.31. The predicted octanol–water partition coefficient (Wildman–Crippen LogP) is 4.95. The van der Waals surface area contributed by atoms with Crippen molar-refractivity contribution in [1.82, 2.24) is 9.47 Å². The van der Waals surface area contributed by atoms with Gasteiger partial charge in [-0.25, -0.2) is 8.78 Å². The number of likely N-dealkylation sites (tertiary alicyclic amines) is 1. The molecule has 8 heteroatoms. The third-order valence-corrected chi connectivity index (χ3v) is 6.26. The molecule has 1 aliphatic heterocycles. The average Bonchev–Trinajstić information content (AvgIpc) is 3.23. The van der Waals surface area contributed by atoms with Crippen LogP contribution in [-0.2, 0) is 16.1 Å². The summed E-state index contributed by atoms with van der Waals surface area (Å²) in [7, 11) is 0. The van der Waals surface area contributed by atoms with Crippen LogP contribution in [0.15, 0.2) is 55.1 Å². The van der Waals surface area contributed by atoms with Gasteiger partial charge in [-0.05, 0) is 50.1 Å². The van der Waals surface area contributed by atoms with E-state index >= 15 is 0 Å². The van der Waals surface area contributed by atoms with Crippen LogP contribution in [0.25, 0.3) is 10.9 Å². The zero-order valence-electron chi connectivity index (χ0n) is 19.6. The van der Waals surface area contributed by atoms with Crippen LogP contribution < -0.4 is 4.74 Å². The van der Waals surface area contributed by atoms with Crippen LogP contribution in [0.3, 0.4) is 0 Å². The van der Waals surface area contributed by atoms with Crippen LogP contribution in [-0.4, -0.2) is 47.6 Å². The highest BCUT2D eigenvalue weighted by molar-refractivity contribution is 6.00. The standard InChI is InChI=1S/C27H28F2N2O4/c1-3-15-35-25-10-6-9-23-19(25)16-24(31(23)17-20-21(28)7-5-8-22(20)29)26(32)30-13-11-18(12-14-30)27(33)34-4-2/h3,5-10,16,18H,1,4,11-15,17H2,2H3. The number of rotatable bonds is 8. The zero-order valence-corrected chi connectivity index (χ0v) is 19.6. The maximum atomic E-state index is 14.5.